The van der Waals surface area contributed by atoms with Gasteiger partial charge in [0, 0.05) is 45.5 Å². The molecule has 1 aliphatic rings. The summed E-state index contributed by atoms with van der Waals surface area (Å²) in [6.07, 6.45) is 10.5. The maximum absolute atomic E-state index is 14.1. The lowest BCUT2D eigenvalue weighted by atomic mass is 9.92. The van der Waals surface area contributed by atoms with Crippen molar-refractivity contribution in [1.29, 1.82) is 5.26 Å². The number of aromatic nitrogens is 1. The number of fused-ring (bicyclic) bond motifs is 3. The van der Waals surface area contributed by atoms with Crippen LogP contribution in [0.2, 0.25) is 0 Å². The van der Waals surface area contributed by atoms with E-state index in [2.05, 4.69) is 128 Å². The van der Waals surface area contributed by atoms with E-state index in [9.17, 15) is 14.9 Å². The molecular weight excluding hydrogens is 753 g/mol. The Morgan fingerprint density at radius 1 is 0.707 bits per heavy atom. The van der Waals surface area contributed by atoms with Crippen molar-refractivity contribution in [2.75, 3.05) is 11.4 Å². The van der Waals surface area contributed by atoms with Gasteiger partial charge in [0.1, 0.15) is 11.6 Å². The minimum atomic E-state index is -0.466. The Balaban J connectivity index is 1.28. The molecule has 4 heterocycles. The van der Waals surface area contributed by atoms with Crippen LogP contribution in [-0.2, 0) is 16.1 Å². The summed E-state index contributed by atoms with van der Waals surface area (Å²) >= 11 is 3.52. The van der Waals surface area contributed by atoms with Gasteiger partial charge in [-0.05, 0) is 97.3 Å². The van der Waals surface area contributed by atoms with E-state index in [-0.39, 0.29) is 17.4 Å². The predicted octanol–water partition coefficient (Wildman–Crippen LogP) is 14.1. The highest BCUT2D eigenvalue weighted by Gasteiger charge is 2.36. The smallest absolute Gasteiger partial charge is 0.271 e. The van der Waals surface area contributed by atoms with E-state index in [4.69, 9.17) is 0 Å². The average molecular weight is 807 g/mol. The molecule has 2 unspecified atom stereocenters. The zero-order valence-electron chi connectivity index (χ0n) is 34.5. The molecule has 0 bridgehead atoms. The van der Waals surface area contributed by atoms with Gasteiger partial charge in [0.2, 0.25) is 0 Å². The van der Waals surface area contributed by atoms with E-state index in [1.165, 1.54) is 55.0 Å². The molecule has 0 fully saturated rings. The zero-order chi connectivity index (χ0) is 40.8. The maximum atomic E-state index is 14.1. The highest BCUT2D eigenvalue weighted by Crippen LogP contribution is 2.45. The Kier molecular flexibility index (Phi) is 13.1. The van der Waals surface area contributed by atoms with E-state index in [1.807, 2.05) is 29.5 Å². The van der Waals surface area contributed by atoms with Crippen LogP contribution in [0.3, 0.4) is 0 Å². The van der Waals surface area contributed by atoms with Crippen molar-refractivity contribution in [3.05, 3.63) is 119 Å². The van der Waals surface area contributed by atoms with Crippen molar-refractivity contribution in [3.63, 3.8) is 0 Å². The van der Waals surface area contributed by atoms with Crippen LogP contribution in [0.4, 0.5) is 17.1 Å². The molecule has 3 aromatic carbocycles. The molecule has 1 aliphatic heterocycles. The number of benzene rings is 3. The van der Waals surface area contributed by atoms with Crippen molar-refractivity contribution in [1.82, 2.24) is 9.47 Å². The second kappa shape index (κ2) is 18.6. The number of nitrogens with zero attached hydrogens (tertiary/aromatic N) is 4. The van der Waals surface area contributed by atoms with Crippen LogP contribution in [0.5, 0.6) is 0 Å². The number of rotatable bonds is 17. The quantitative estimate of drug-likeness (QED) is 0.0680. The van der Waals surface area contributed by atoms with E-state index in [0.717, 1.165) is 60.6 Å². The fraction of sp³-hybridized carbons (Fsp3) is 0.340. The number of carbonyl (C=O) groups excluding carboxylic acids is 2. The summed E-state index contributed by atoms with van der Waals surface area (Å²) in [5.74, 6) is -0.00780. The number of unbranched alkanes of at least 4 members (excludes halogenated alkanes) is 2. The third kappa shape index (κ3) is 8.34. The lowest BCUT2D eigenvalue weighted by molar-refractivity contribution is -0.141. The molecule has 2 atom stereocenters. The first-order valence-corrected chi connectivity index (χ1v) is 22.7. The fourth-order valence-electron chi connectivity index (χ4n) is 8.21. The largest absolute Gasteiger partial charge is 0.339 e. The lowest BCUT2D eigenvalue weighted by Crippen LogP contribution is -2.45. The number of anilines is 3. The number of hydrogen-bond donors (Lipinski definition) is 0. The summed E-state index contributed by atoms with van der Waals surface area (Å²) in [7, 11) is 0. The lowest BCUT2D eigenvalue weighted by Gasteiger charge is -2.30. The van der Waals surface area contributed by atoms with Crippen molar-refractivity contribution in [3.8, 4) is 16.5 Å². The van der Waals surface area contributed by atoms with Crippen molar-refractivity contribution in [2.24, 2.45) is 11.8 Å². The van der Waals surface area contributed by atoms with Crippen LogP contribution >= 0.6 is 22.7 Å². The van der Waals surface area contributed by atoms with Gasteiger partial charge >= 0.3 is 0 Å². The molecule has 7 rings (SSSR count). The van der Waals surface area contributed by atoms with Crippen molar-refractivity contribution < 1.29 is 9.59 Å². The molecule has 0 saturated heterocycles. The Labute approximate surface area is 351 Å². The van der Waals surface area contributed by atoms with Gasteiger partial charge in [0.15, 0.2) is 0 Å². The van der Waals surface area contributed by atoms with Crippen LogP contribution in [-0.4, -0.2) is 27.8 Å². The molecule has 6 aromatic rings. The summed E-state index contributed by atoms with van der Waals surface area (Å²) < 4.78 is 4.97. The summed E-state index contributed by atoms with van der Waals surface area (Å²) in [5, 5.41) is 10.1. The summed E-state index contributed by atoms with van der Waals surface area (Å²) in [6, 6.07) is 36.6. The highest BCUT2D eigenvalue weighted by molar-refractivity contribution is 7.29. The first-order valence-electron chi connectivity index (χ1n) is 21.0. The first-order chi connectivity index (χ1) is 28.3. The Morgan fingerprint density at radius 3 is 1.83 bits per heavy atom. The molecule has 0 saturated carbocycles. The normalized spacial score (nSPS) is 15.2. The van der Waals surface area contributed by atoms with E-state index >= 15 is 0 Å². The number of imide groups is 1. The van der Waals surface area contributed by atoms with Crippen LogP contribution in [0.15, 0.2) is 114 Å². The molecule has 0 aliphatic carbocycles. The molecule has 58 heavy (non-hydrogen) atoms. The third-order valence-electron chi connectivity index (χ3n) is 11.8. The van der Waals surface area contributed by atoms with Gasteiger partial charge < -0.3 is 9.47 Å². The second-order valence-corrected chi connectivity index (χ2v) is 17.7. The van der Waals surface area contributed by atoms with Gasteiger partial charge in [0.05, 0.1) is 20.4 Å². The van der Waals surface area contributed by atoms with E-state index in [0.29, 0.717) is 23.6 Å². The molecule has 8 heteroatoms. The van der Waals surface area contributed by atoms with Gasteiger partial charge in [-0.25, -0.2) is 0 Å². The summed E-state index contributed by atoms with van der Waals surface area (Å²) in [4.78, 5) is 33.4. The average Bonchev–Trinajstić information content (AvgIpc) is 3.94. The summed E-state index contributed by atoms with van der Waals surface area (Å²) in [5.41, 5.74) is 7.89. The molecule has 0 N–H and O–H groups in total. The van der Waals surface area contributed by atoms with Crippen LogP contribution in [0.25, 0.3) is 36.9 Å². The molecule has 0 spiro atoms. The fourth-order valence-corrected chi connectivity index (χ4v) is 10.6. The first kappa shape index (κ1) is 40.9. The molecule has 2 amide bonds. The second-order valence-electron chi connectivity index (χ2n) is 15.6. The van der Waals surface area contributed by atoms with Gasteiger partial charge in [-0.15, -0.1) is 22.7 Å². The molecular formula is C50H54N4O2S2. The summed E-state index contributed by atoms with van der Waals surface area (Å²) in [6.45, 7) is 11.8. The number of hydrogen-bond acceptors (Lipinski definition) is 6. The number of amides is 2. The van der Waals surface area contributed by atoms with Crippen LogP contribution in [0.1, 0.15) is 90.9 Å². The molecule has 3 aromatic heterocycles. The predicted molar refractivity (Wildman–Crippen MR) is 245 cm³/mol. The topological polar surface area (TPSA) is 69.3 Å². The van der Waals surface area contributed by atoms with Crippen molar-refractivity contribution >= 4 is 78.1 Å². The molecule has 0 radical (unpaired) electrons. The Bertz CT molecular complexity index is 2440. The minimum absolute atomic E-state index is 0.0653. The standard InChI is InChI=1S/C50H54N4O2S2/c1-6-10-18-35(8-3)32-52-44-29-41(28-42-34(5)43(31-51)50(56)53(49(42)55)33-36(9-4)19-11-7-2)57-47(44)48-45(52)30-46(58-48)37-24-26-40(27-25-37)54(38-20-14-12-15-21-38)39-22-16-13-17-23-39/h12-17,20-30,35-36H,6-11,18-19,32-33H2,1-5H3/b42-28+. The van der Waals surface area contributed by atoms with Gasteiger partial charge in [-0.1, -0.05) is 115 Å². The van der Waals surface area contributed by atoms with Crippen molar-refractivity contribution in [2.45, 2.75) is 92.5 Å². The SMILES string of the molecule is CCCCC(CC)CN1C(=O)C(C#N)=C(C)/C(=C\c2cc3c(s2)c2sc(-c4ccc(N(c5ccccc5)c5ccccc5)cc4)cc2n3CC(CC)CCCC)C1=O. The highest BCUT2D eigenvalue weighted by atomic mass is 32.1. The Hall–Kier alpha value is -5.23. The molecule has 298 valence electrons. The van der Waals surface area contributed by atoms with Gasteiger partial charge in [-0.3, -0.25) is 14.5 Å². The van der Waals surface area contributed by atoms with E-state index in [1.54, 1.807) is 18.3 Å². The Morgan fingerprint density at radius 2 is 1.26 bits per heavy atom. The third-order valence-corrected chi connectivity index (χ3v) is 14.2. The number of thiophene rings is 2. The number of para-hydroxylation sites is 2. The minimum Gasteiger partial charge on any atom is -0.339 e. The number of nitriles is 1. The number of carbonyl (C=O) groups is 2. The maximum Gasteiger partial charge on any atom is 0.271 e. The van der Waals surface area contributed by atoms with Gasteiger partial charge in [0.25, 0.3) is 11.8 Å². The molecule has 6 nitrogen and oxygen atoms in total. The van der Waals surface area contributed by atoms with Gasteiger partial charge in [-0.2, -0.15) is 5.26 Å². The monoisotopic (exact) mass is 806 g/mol. The van der Waals surface area contributed by atoms with Crippen LogP contribution in [0, 0.1) is 23.2 Å². The van der Waals surface area contributed by atoms with Crippen LogP contribution < -0.4 is 4.90 Å². The van der Waals surface area contributed by atoms with E-state index < -0.39 is 5.91 Å². The zero-order valence-corrected chi connectivity index (χ0v) is 36.1.